The number of ether oxygens (including phenoxy) is 1. The summed E-state index contributed by atoms with van der Waals surface area (Å²) < 4.78 is 5.05. The van der Waals surface area contributed by atoms with E-state index >= 15 is 0 Å². The van der Waals surface area contributed by atoms with Crippen LogP contribution in [0, 0.1) is 0 Å². The molecule has 0 fully saturated rings. The van der Waals surface area contributed by atoms with Crippen LogP contribution in [0.4, 0.5) is 10.5 Å². The number of amides is 3. The van der Waals surface area contributed by atoms with Crippen molar-refractivity contribution < 1.29 is 23.9 Å². The molecule has 0 aliphatic carbocycles. The molecule has 1 aromatic rings. The van der Waals surface area contributed by atoms with Crippen molar-refractivity contribution in [1.29, 1.82) is 0 Å². The van der Waals surface area contributed by atoms with Gasteiger partial charge in [0.25, 0.3) is 0 Å². The van der Waals surface area contributed by atoms with E-state index in [9.17, 15) is 19.2 Å². The number of benzene rings is 1. The Labute approximate surface area is 159 Å². The summed E-state index contributed by atoms with van der Waals surface area (Å²) >= 11 is 0. The molecule has 8 heteroatoms. The van der Waals surface area contributed by atoms with E-state index < -0.39 is 11.7 Å². The predicted molar refractivity (Wildman–Crippen MR) is 101 cm³/mol. The number of anilines is 1. The summed E-state index contributed by atoms with van der Waals surface area (Å²) in [5.74, 6) is -0.589. The highest BCUT2D eigenvalue weighted by Crippen LogP contribution is 2.10. The van der Waals surface area contributed by atoms with Crippen molar-refractivity contribution in [3.8, 4) is 0 Å². The molecule has 1 rings (SSSR count). The maximum atomic E-state index is 11.8. The topological polar surface area (TPSA) is 114 Å². The van der Waals surface area contributed by atoms with E-state index in [4.69, 9.17) is 4.74 Å². The predicted octanol–water partition coefficient (Wildman–Crippen LogP) is 2.14. The van der Waals surface area contributed by atoms with Gasteiger partial charge in [-0.25, -0.2) is 4.79 Å². The van der Waals surface area contributed by atoms with Gasteiger partial charge in [0, 0.05) is 25.1 Å². The van der Waals surface area contributed by atoms with Crippen molar-refractivity contribution in [1.82, 2.24) is 10.6 Å². The van der Waals surface area contributed by atoms with Gasteiger partial charge < -0.3 is 25.5 Å². The average Bonchev–Trinajstić information content (AvgIpc) is 2.56. The first-order valence-electron chi connectivity index (χ1n) is 8.67. The van der Waals surface area contributed by atoms with E-state index in [0.717, 1.165) is 5.56 Å². The molecule has 0 atom stereocenters. The standard InChI is InChI=1S/C19H27N3O5/c1-13(23)5-10-16(24)20-11-14-6-8-15(9-7-14)22-17(25)12-21-18(26)27-19(2,3)4/h6-9H,5,10-12H2,1-4H3,(H,20,24)(H,21,26)(H,22,25). The Morgan fingerprint density at radius 1 is 0.926 bits per heavy atom. The Bertz CT molecular complexity index is 678. The summed E-state index contributed by atoms with van der Waals surface area (Å²) in [6.07, 6.45) is -0.254. The molecule has 0 aromatic heterocycles. The molecule has 148 valence electrons. The number of carbonyl (C=O) groups is 4. The first-order valence-corrected chi connectivity index (χ1v) is 8.67. The minimum Gasteiger partial charge on any atom is -0.444 e. The van der Waals surface area contributed by atoms with E-state index in [1.165, 1.54) is 6.92 Å². The van der Waals surface area contributed by atoms with E-state index in [-0.39, 0.29) is 37.0 Å². The van der Waals surface area contributed by atoms with Crippen LogP contribution in [0.3, 0.4) is 0 Å². The lowest BCUT2D eigenvalue weighted by atomic mass is 10.2. The number of alkyl carbamates (subject to hydrolysis) is 1. The van der Waals surface area contributed by atoms with Gasteiger partial charge in [0.05, 0.1) is 0 Å². The molecule has 0 aliphatic heterocycles. The van der Waals surface area contributed by atoms with Gasteiger partial charge in [-0.15, -0.1) is 0 Å². The normalized spacial score (nSPS) is 10.7. The van der Waals surface area contributed by atoms with Crippen LogP contribution in [0.1, 0.15) is 46.1 Å². The third-order valence-electron chi connectivity index (χ3n) is 3.22. The molecule has 1 aromatic carbocycles. The maximum absolute atomic E-state index is 11.8. The smallest absolute Gasteiger partial charge is 0.408 e. The van der Waals surface area contributed by atoms with E-state index in [1.54, 1.807) is 45.0 Å². The third-order valence-corrected chi connectivity index (χ3v) is 3.22. The molecular formula is C19H27N3O5. The Kier molecular flexibility index (Phi) is 8.44. The number of Topliss-reactive ketones (excluding diaryl/α,β-unsaturated/α-hetero) is 1. The molecule has 3 amide bonds. The molecule has 0 aliphatic rings. The Hall–Kier alpha value is -2.90. The van der Waals surface area contributed by atoms with Gasteiger partial charge in [-0.3, -0.25) is 9.59 Å². The molecule has 27 heavy (non-hydrogen) atoms. The second-order valence-electron chi connectivity index (χ2n) is 7.08. The summed E-state index contributed by atoms with van der Waals surface area (Å²) in [6.45, 7) is 6.79. The molecule has 0 unspecified atom stereocenters. The molecule has 0 heterocycles. The van der Waals surface area contributed by atoms with Crippen LogP contribution < -0.4 is 16.0 Å². The summed E-state index contributed by atoms with van der Waals surface area (Å²) in [5, 5.41) is 7.76. The average molecular weight is 377 g/mol. The zero-order valence-corrected chi connectivity index (χ0v) is 16.2. The molecular weight excluding hydrogens is 350 g/mol. The number of ketones is 1. The van der Waals surface area contributed by atoms with Crippen LogP contribution >= 0.6 is 0 Å². The SMILES string of the molecule is CC(=O)CCC(=O)NCc1ccc(NC(=O)CNC(=O)OC(C)(C)C)cc1. The number of carbonyl (C=O) groups excluding carboxylic acids is 4. The van der Waals surface area contributed by atoms with Gasteiger partial charge in [-0.2, -0.15) is 0 Å². The van der Waals surface area contributed by atoms with E-state index in [1.807, 2.05) is 0 Å². The fourth-order valence-electron chi connectivity index (χ4n) is 1.96. The molecule has 0 bridgehead atoms. The van der Waals surface area contributed by atoms with Gasteiger partial charge >= 0.3 is 6.09 Å². The van der Waals surface area contributed by atoms with Crippen LogP contribution in [-0.2, 0) is 25.7 Å². The highest BCUT2D eigenvalue weighted by Gasteiger charge is 2.16. The maximum Gasteiger partial charge on any atom is 0.408 e. The van der Waals surface area contributed by atoms with Crippen molar-refractivity contribution in [2.24, 2.45) is 0 Å². The zero-order valence-electron chi connectivity index (χ0n) is 16.2. The fraction of sp³-hybridized carbons (Fsp3) is 0.474. The first kappa shape index (κ1) is 22.1. The molecule has 3 N–H and O–H groups in total. The van der Waals surface area contributed by atoms with Crippen LogP contribution in [-0.4, -0.2) is 35.8 Å². The third kappa shape index (κ3) is 10.6. The Morgan fingerprint density at radius 3 is 2.11 bits per heavy atom. The van der Waals surface area contributed by atoms with Gasteiger partial charge in [0.15, 0.2) is 0 Å². The minimum absolute atomic E-state index is 0.0218. The summed E-state index contributed by atoms with van der Waals surface area (Å²) in [4.78, 5) is 45.8. The summed E-state index contributed by atoms with van der Waals surface area (Å²) in [5.41, 5.74) is 0.798. The molecule has 0 radical (unpaired) electrons. The fourth-order valence-corrected chi connectivity index (χ4v) is 1.96. The summed E-state index contributed by atoms with van der Waals surface area (Å²) in [7, 11) is 0. The highest BCUT2D eigenvalue weighted by molar-refractivity contribution is 5.93. The second-order valence-corrected chi connectivity index (χ2v) is 7.08. The first-order chi connectivity index (χ1) is 12.5. The monoisotopic (exact) mass is 377 g/mol. The van der Waals surface area contributed by atoms with Crippen molar-refractivity contribution in [3.05, 3.63) is 29.8 Å². The molecule has 0 spiro atoms. The highest BCUT2D eigenvalue weighted by atomic mass is 16.6. The summed E-state index contributed by atoms with van der Waals surface area (Å²) in [6, 6.07) is 6.93. The van der Waals surface area contributed by atoms with E-state index in [0.29, 0.717) is 12.2 Å². The number of rotatable bonds is 8. The quantitative estimate of drug-likeness (QED) is 0.642. The van der Waals surface area contributed by atoms with Crippen molar-refractivity contribution in [3.63, 3.8) is 0 Å². The number of nitrogens with one attached hydrogen (secondary N) is 3. The lowest BCUT2D eigenvalue weighted by Crippen LogP contribution is -2.37. The van der Waals surface area contributed by atoms with Gasteiger partial charge in [-0.1, -0.05) is 12.1 Å². The van der Waals surface area contributed by atoms with Crippen molar-refractivity contribution >= 4 is 29.4 Å². The van der Waals surface area contributed by atoms with Gasteiger partial charge in [0.2, 0.25) is 11.8 Å². The van der Waals surface area contributed by atoms with Crippen LogP contribution in [0.5, 0.6) is 0 Å². The molecule has 0 saturated heterocycles. The lowest BCUT2D eigenvalue weighted by Gasteiger charge is -2.19. The second kappa shape index (κ2) is 10.3. The van der Waals surface area contributed by atoms with Gasteiger partial charge in [-0.05, 0) is 45.4 Å². The van der Waals surface area contributed by atoms with Crippen LogP contribution in [0.25, 0.3) is 0 Å². The lowest BCUT2D eigenvalue weighted by molar-refractivity contribution is -0.124. The number of hydrogen-bond acceptors (Lipinski definition) is 5. The van der Waals surface area contributed by atoms with Gasteiger partial charge in [0.1, 0.15) is 17.9 Å². The number of hydrogen-bond donors (Lipinski definition) is 3. The van der Waals surface area contributed by atoms with Crippen molar-refractivity contribution in [2.75, 3.05) is 11.9 Å². The van der Waals surface area contributed by atoms with Crippen LogP contribution in [0.2, 0.25) is 0 Å². The largest absolute Gasteiger partial charge is 0.444 e. The molecule has 8 nitrogen and oxygen atoms in total. The zero-order chi connectivity index (χ0) is 20.4. The Morgan fingerprint density at radius 2 is 1.56 bits per heavy atom. The minimum atomic E-state index is -0.659. The van der Waals surface area contributed by atoms with Crippen molar-refractivity contribution in [2.45, 2.75) is 52.7 Å². The molecule has 0 saturated carbocycles. The van der Waals surface area contributed by atoms with E-state index in [2.05, 4.69) is 16.0 Å². The van der Waals surface area contributed by atoms with Crippen LogP contribution in [0.15, 0.2) is 24.3 Å². The Balaban J connectivity index is 2.37.